The molecule has 0 radical (unpaired) electrons. The maximum absolute atomic E-state index is 13.6. The van der Waals surface area contributed by atoms with Crippen LogP contribution in [0.25, 0.3) is 6.08 Å². The smallest absolute Gasteiger partial charge is 0.335 e. The van der Waals surface area contributed by atoms with Crippen LogP contribution in [0.4, 0.5) is 14.9 Å². The topological polar surface area (TPSA) is 84.9 Å². The number of carbonyl (C=O) groups is 3. The molecule has 0 aromatic heterocycles. The van der Waals surface area contributed by atoms with Gasteiger partial charge in [0.1, 0.15) is 18.0 Å². The van der Waals surface area contributed by atoms with Crippen molar-refractivity contribution < 1.29 is 28.2 Å². The zero-order valence-electron chi connectivity index (χ0n) is 24.3. The summed E-state index contributed by atoms with van der Waals surface area (Å²) in [6.07, 6.45) is 9.21. The number of halogens is 2. The molecule has 226 valence electrons. The fourth-order valence-electron chi connectivity index (χ4n) is 8.19. The maximum Gasteiger partial charge on any atom is 0.335 e. The average molecular weight is 707 g/mol. The molecule has 44 heavy (non-hydrogen) atoms. The maximum atomic E-state index is 13.6. The molecule has 0 atom stereocenters. The van der Waals surface area contributed by atoms with Gasteiger partial charge >= 0.3 is 6.03 Å². The minimum absolute atomic E-state index is 0.160. The van der Waals surface area contributed by atoms with Gasteiger partial charge in [0.25, 0.3) is 11.8 Å². The van der Waals surface area contributed by atoms with Crippen molar-refractivity contribution in [1.82, 2.24) is 5.32 Å². The lowest BCUT2D eigenvalue weighted by molar-refractivity contribution is -0.122. The minimum Gasteiger partial charge on any atom is -0.493 e. The number of benzene rings is 3. The summed E-state index contributed by atoms with van der Waals surface area (Å²) in [6.45, 7) is 0.201. The van der Waals surface area contributed by atoms with E-state index in [1.165, 1.54) is 69.4 Å². The first-order chi connectivity index (χ1) is 21.2. The van der Waals surface area contributed by atoms with E-state index in [4.69, 9.17) is 9.47 Å². The van der Waals surface area contributed by atoms with E-state index in [1.54, 1.807) is 24.3 Å². The van der Waals surface area contributed by atoms with Crippen LogP contribution in [0.15, 0.2) is 66.2 Å². The predicted octanol–water partition coefficient (Wildman–Crippen LogP) is 7.15. The van der Waals surface area contributed by atoms with E-state index in [2.05, 4.69) is 40.0 Å². The standard InChI is InChI=1S/C35H32FIN2O5/c1-43-30-15-21(14-29(37)31(30)44-19-20-2-6-26(36)7-3-20)13-28-32(40)38-34(42)39(33(28)41)27-8-4-25(5-9-27)35-16-22-10-23(17-35)12-24(11-22)18-35/h2-9,13-15,22-24H,10-12,16-19H2,1H3,(H,38,40,42)/b28-13+. The molecular formula is C35H32FIN2O5. The molecule has 3 aromatic carbocycles. The molecule has 9 heteroatoms. The number of nitrogens with zero attached hydrogens (tertiary/aromatic N) is 1. The Morgan fingerprint density at radius 1 is 0.955 bits per heavy atom. The number of rotatable bonds is 7. The molecule has 3 aromatic rings. The molecule has 8 rings (SSSR count). The summed E-state index contributed by atoms with van der Waals surface area (Å²) >= 11 is 2.09. The third-order valence-corrected chi connectivity index (χ3v) is 10.5. The van der Waals surface area contributed by atoms with Gasteiger partial charge in [0.05, 0.1) is 16.4 Å². The van der Waals surface area contributed by atoms with Crippen molar-refractivity contribution in [2.24, 2.45) is 17.8 Å². The molecule has 5 fully saturated rings. The Hall–Kier alpha value is -3.73. The van der Waals surface area contributed by atoms with Crippen LogP contribution in [-0.4, -0.2) is 25.0 Å². The Morgan fingerprint density at radius 2 is 1.59 bits per heavy atom. The van der Waals surface area contributed by atoms with Crippen LogP contribution in [0.5, 0.6) is 11.5 Å². The molecule has 0 unspecified atom stereocenters. The molecule has 7 nitrogen and oxygen atoms in total. The van der Waals surface area contributed by atoms with Crippen molar-refractivity contribution in [3.05, 3.63) is 92.3 Å². The number of amides is 4. The highest BCUT2D eigenvalue weighted by molar-refractivity contribution is 14.1. The number of imide groups is 2. The van der Waals surface area contributed by atoms with Crippen molar-refractivity contribution in [2.75, 3.05) is 12.0 Å². The number of anilines is 1. The van der Waals surface area contributed by atoms with Crippen LogP contribution in [0.1, 0.15) is 55.2 Å². The van der Waals surface area contributed by atoms with Crippen LogP contribution in [0, 0.1) is 27.1 Å². The highest BCUT2D eigenvalue weighted by Crippen LogP contribution is 2.60. The molecule has 1 N–H and O–H groups in total. The number of carbonyl (C=O) groups excluding carboxylic acids is 3. The molecule has 1 aliphatic heterocycles. The third kappa shape index (κ3) is 5.29. The zero-order valence-corrected chi connectivity index (χ0v) is 26.4. The van der Waals surface area contributed by atoms with Gasteiger partial charge in [0.15, 0.2) is 11.5 Å². The van der Waals surface area contributed by atoms with Crippen molar-refractivity contribution in [3.63, 3.8) is 0 Å². The summed E-state index contributed by atoms with van der Waals surface area (Å²) < 4.78 is 25.5. The number of methoxy groups -OCH3 is 1. The molecule has 5 aliphatic rings. The van der Waals surface area contributed by atoms with Crippen molar-refractivity contribution in [1.29, 1.82) is 0 Å². The van der Waals surface area contributed by atoms with Gasteiger partial charge in [-0.05, 0) is 143 Å². The second-order valence-electron chi connectivity index (χ2n) is 12.7. The van der Waals surface area contributed by atoms with Crippen LogP contribution < -0.4 is 19.7 Å². The molecular weight excluding hydrogens is 674 g/mol. The quantitative estimate of drug-likeness (QED) is 0.160. The van der Waals surface area contributed by atoms with Gasteiger partial charge in [-0.25, -0.2) is 14.1 Å². The second-order valence-corrected chi connectivity index (χ2v) is 13.8. The Morgan fingerprint density at radius 3 is 2.20 bits per heavy atom. The van der Waals surface area contributed by atoms with Crippen LogP contribution in [0.3, 0.4) is 0 Å². The van der Waals surface area contributed by atoms with Crippen LogP contribution >= 0.6 is 22.6 Å². The highest BCUT2D eigenvalue weighted by Gasteiger charge is 2.51. The second kappa shape index (κ2) is 11.3. The fourth-order valence-corrected chi connectivity index (χ4v) is 8.97. The lowest BCUT2D eigenvalue weighted by atomic mass is 9.48. The number of hydrogen-bond acceptors (Lipinski definition) is 5. The first-order valence-electron chi connectivity index (χ1n) is 15.0. The van der Waals surface area contributed by atoms with Crippen LogP contribution in [0.2, 0.25) is 0 Å². The minimum atomic E-state index is -0.767. The summed E-state index contributed by atoms with van der Waals surface area (Å²) in [4.78, 5) is 40.4. The van der Waals surface area contributed by atoms with Gasteiger partial charge in [0, 0.05) is 0 Å². The Balaban J connectivity index is 1.13. The molecule has 1 heterocycles. The van der Waals surface area contributed by atoms with E-state index >= 15 is 0 Å². The zero-order chi connectivity index (χ0) is 30.6. The SMILES string of the molecule is COc1cc(/C=C2\C(=O)NC(=O)N(c3ccc(C45CC6CC(CC(C6)C4)C5)cc3)C2=O)cc(I)c1OCc1ccc(F)cc1. The fraction of sp³-hybridized carbons (Fsp3) is 0.343. The normalized spacial score (nSPS) is 26.7. The van der Waals surface area contributed by atoms with Crippen LogP contribution in [-0.2, 0) is 21.6 Å². The summed E-state index contributed by atoms with van der Waals surface area (Å²) in [6, 6.07) is 16.5. The van der Waals surface area contributed by atoms with E-state index < -0.39 is 17.8 Å². The lowest BCUT2D eigenvalue weighted by Crippen LogP contribution is -2.54. The van der Waals surface area contributed by atoms with Gasteiger partial charge < -0.3 is 9.47 Å². The van der Waals surface area contributed by atoms with Crippen molar-refractivity contribution in [2.45, 2.75) is 50.5 Å². The monoisotopic (exact) mass is 706 g/mol. The third-order valence-electron chi connectivity index (χ3n) is 9.74. The summed E-state index contributed by atoms with van der Waals surface area (Å²) in [5.74, 6) is 1.55. The summed E-state index contributed by atoms with van der Waals surface area (Å²) in [5, 5.41) is 2.32. The van der Waals surface area contributed by atoms with Gasteiger partial charge in [-0.1, -0.05) is 24.3 Å². The van der Waals surface area contributed by atoms with E-state index in [0.717, 1.165) is 28.2 Å². The number of ether oxygens (including phenoxy) is 2. The number of urea groups is 1. The van der Waals surface area contributed by atoms with E-state index in [0.29, 0.717) is 26.3 Å². The van der Waals surface area contributed by atoms with Crippen molar-refractivity contribution in [3.8, 4) is 11.5 Å². The number of nitrogens with one attached hydrogen (secondary N) is 1. The van der Waals surface area contributed by atoms with Crippen molar-refractivity contribution >= 4 is 52.2 Å². The Bertz CT molecular complexity index is 1650. The Kier molecular flexibility index (Phi) is 7.46. The largest absolute Gasteiger partial charge is 0.493 e. The molecule has 4 aliphatic carbocycles. The van der Waals surface area contributed by atoms with Gasteiger partial charge in [-0.2, -0.15) is 0 Å². The molecule has 4 bridgehead atoms. The summed E-state index contributed by atoms with van der Waals surface area (Å²) in [7, 11) is 1.50. The molecule has 1 saturated heterocycles. The number of barbiturate groups is 1. The molecule has 4 amide bonds. The molecule has 0 spiro atoms. The predicted molar refractivity (Wildman–Crippen MR) is 172 cm³/mol. The van der Waals surface area contributed by atoms with Gasteiger partial charge in [0.2, 0.25) is 0 Å². The summed E-state index contributed by atoms with van der Waals surface area (Å²) in [5.41, 5.74) is 3.08. The van der Waals surface area contributed by atoms with Gasteiger partial charge in [-0.3, -0.25) is 14.9 Å². The highest BCUT2D eigenvalue weighted by atomic mass is 127. The lowest BCUT2D eigenvalue weighted by Gasteiger charge is -2.57. The first kappa shape index (κ1) is 29.0. The van der Waals surface area contributed by atoms with E-state index in [1.807, 2.05) is 12.1 Å². The number of hydrogen-bond donors (Lipinski definition) is 1. The van der Waals surface area contributed by atoms with E-state index in [9.17, 15) is 18.8 Å². The van der Waals surface area contributed by atoms with E-state index in [-0.39, 0.29) is 23.4 Å². The first-order valence-corrected chi connectivity index (χ1v) is 16.1. The molecule has 4 saturated carbocycles. The average Bonchev–Trinajstić information content (AvgIpc) is 2.99. The Labute approximate surface area is 268 Å². The van der Waals surface area contributed by atoms with Gasteiger partial charge in [-0.15, -0.1) is 0 Å².